The van der Waals surface area contributed by atoms with Gasteiger partial charge in [0.1, 0.15) is 17.2 Å². The Balaban J connectivity index is 1.50. The van der Waals surface area contributed by atoms with Gasteiger partial charge in [-0.15, -0.1) is 0 Å². The molecule has 162 valence electrons. The van der Waals surface area contributed by atoms with Crippen LogP contribution in [-0.2, 0) is 26.6 Å². The molecule has 1 aromatic heterocycles. The number of amides is 1. The molecule has 2 heterocycles. The molecule has 0 saturated carbocycles. The molecule has 1 N–H and O–H groups in total. The van der Waals surface area contributed by atoms with E-state index in [0.29, 0.717) is 22.9 Å². The molecule has 3 aromatic rings. The van der Waals surface area contributed by atoms with Crippen LogP contribution in [0.3, 0.4) is 0 Å². The standard InChI is InChI=1S/C25H29N3O3/c1-17-6-5-7-18(12-17)15-28-11-10-22-19(16-28)13-23(27(22)2)25(29)26-21-9-8-20(30-3)14-24(21)31-4/h5-9,12-14H,10-11,15-16H2,1-4H3,(H,26,29). The topological polar surface area (TPSA) is 55.7 Å². The largest absolute Gasteiger partial charge is 0.497 e. The van der Waals surface area contributed by atoms with Crippen molar-refractivity contribution >= 4 is 11.6 Å². The van der Waals surface area contributed by atoms with Gasteiger partial charge in [0.25, 0.3) is 5.91 Å². The Labute approximate surface area is 183 Å². The predicted molar refractivity (Wildman–Crippen MR) is 122 cm³/mol. The molecular formula is C25H29N3O3. The zero-order valence-electron chi connectivity index (χ0n) is 18.6. The van der Waals surface area contributed by atoms with E-state index in [2.05, 4.69) is 41.4 Å². The van der Waals surface area contributed by atoms with E-state index in [0.717, 1.165) is 26.1 Å². The van der Waals surface area contributed by atoms with Crippen LogP contribution < -0.4 is 14.8 Å². The SMILES string of the molecule is COc1ccc(NC(=O)c2cc3c(n2C)CCN(Cc2cccc(C)c2)C3)c(OC)c1. The molecule has 6 nitrogen and oxygen atoms in total. The molecule has 31 heavy (non-hydrogen) atoms. The molecule has 0 atom stereocenters. The number of carbonyl (C=O) groups is 1. The lowest BCUT2D eigenvalue weighted by Crippen LogP contribution is -2.30. The Hall–Kier alpha value is -3.25. The van der Waals surface area contributed by atoms with E-state index in [1.54, 1.807) is 32.4 Å². The van der Waals surface area contributed by atoms with Gasteiger partial charge in [0.15, 0.2) is 0 Å². The number of aryl methyl sites for hydroxylation is 1. The van der Waals surface area contributed by atoms with Crippen molar-refractivity contribution in [2.24, 2.45) is 7.05 Å². The minimum absolute atomic E-state index is 0.148. The second-order valence-corrected chi connectivity index (χ2v) is 8.03. The number of carbonyl (C=O) groups excluding carboxylic acids is 1. The number of anilines is 1. The maximum atomic E-state index is 13.1. The summed E-state index contributed by atoms with van der Waals surface area (Å²) in [5.41, 5.74) is 6.32. The average molecular weight is 420 g/mol. The minimum atomic E-state index is -0.148. The second kappa shape index (κ2) is 8.86. The lowest BCUT2D eigenvalue weighted by Gasteiger charge is -2.27. The highest BCUT2D eigenvalue weighted by molar-refractivity contribution is 6.04. The van der Waals surface area contributed by atoms with Crippen LogP contribution in [0.1, 0.15) is 32.9 Å². The van der Waals surface area contributed by atoms with Crippen molar-refractivity contribution in [3.63, 3.8) is 0 Å². The van der Waals surface area contributed by atoms with Crippen LogP contribution in [0.4, 0.5) is 5.69 Å². The molecule has 0 radical (unpaired) electrons. The van der Waals surface area contributed by atoms with Crippen molar-refractivity contribution in [3.05, 3.63) is 76.6 Å². The lowest BCUT2D eigenvalue weighted by molar-refractivity contribution is 0.101. The van der Waals surface area contributed by atoms with Crippen LogP contribution in [0.25, 0.3) is 0 Å². The van der Waals surface area contributed by atoms with E-state index in [-0.39, 0.29) is 5.91 Å². The highest BCUT2D eigenvalue weighted by Crippen LogP contribution is 2.30. The summed E-state index contributed by atoms with van der Waals surface area (Å²) >= 11 is 0. The number of nitrogens with zero attached hydrogens (tertiary/aromatic N) is 2. The second-order valence-electron chi connectivity index (χ2n) is 8.03. The molecule has 4 rings (SSSR count). The van der Waals surface area contributed by atoms with E-state index in [1.165, 1.54) is 22.4 Å². The Morgan fingerprint density at radius 2 is 1.94 bits per heavy atom. The number of nitrogens with one attached hydrogen (secondary N) is 1. The highest BCUT2D eigenvalue weighted by atomic mass is 16.5. The Kier molecular flexibility index (Phi) is 6.00. The monoisotopic (exact) mass is 419 g/mol. The fraction of sp³-hybridized carbons (Fsp3) is 0.320. The third-order valence-corrected chi connectivity index (χ3v) is 5.88. The van der Waals surface area contributed by atoms with Crippen molar-refractivity contribution in [1.29, 1.82) is 0 Å². The molecular weight excluding hydrogens is 390 g/mol. The molecule has 0 aliphatic carbocycles. The fourth-order valence-corrected chi connectivity index (χ4v) is 4.26. The number of hydrogen-bond donors (Lipinski definition) is 1. The highest BCUT2D eigenvalue weighted by Gasteiger charge is 2.24. The van der Waals surface area contributed by atoms with Crippen molar-refractivity contribution in [1.82, 2.24) is 9.47 Å². The maximum Gasteiger partial charge on any atom is 0.272 e. The van der Waals surface area contributed by atoms with Gasteiger partial charge in [-0.25, -0.2) is 0 Å². The summed E-state index contributed by atoms with van der Waals surface area (Å²) in [6, 6.07) is 16.0. The molecule has 0 spiro atoms. The number of methoxy groups -OCH3 is 2. The third kappa shape index (κ3) is 4.44. The Bertz CT molecular complexity index is 1100. The van der Waals surface area contributed by atoms with E-state index in [9.17, 15) is 4.79 Å². The Morgan fingerprint density at radius 1 is 1.10 bits per heavy atom. The summed E-state index contributed by atoms with van der Waals surface area (Å²) in [6.45, 7) is 4.86. The van der Waals surface area contributed by atoms with E-state index >= 15 is 0 Å². The minimum Gasteiger partial charge on any atom is -0.497 e. The lowest BCUT2D eigenvalue weighted by atomic mass is 10.1. The first kappa shape index (κ1) is 21.0. The van der Waals surface area contributed by atoms with Crippen LogP contribution in [0, 0.1) is 6.92 Å². The van der Waals surface area contributed by atoms with E-state index in [4.69, 9.17) is 9.47 Å². The molecule has 2 aromatic carbocycles. The van der Waals surface area contributed by atoms with Gasteiger partial charge < -0.3 is 19.4 Å². The smallest absolute Gasteiger partial charge is 0.272 e. The number of hydrogen-bond acceptors (Lipinski definition) is 4. The summed E-state index contributed by atoms with van der Waals surface area (Å²) in [6.07, 6.45) is 0.927. The average Bonchev–Trinajstić information content (AvgIpc) is 3.10. The summed E-state index contributed by atoms with van der Waals surface area (Å²) in [5, 5.41) is 2.98. The van der Waals surface area contributed by atoms with Gasteiger partial charge in [0.05, 0.1) is 19.9 Å². The summed E-state index contributed by atoms with van der Waals surface area (Å²) in [7, 11) is 5.15. The van der Waals surface area contributed by atoms with Crippen molar-refractivity contribution in [2.45, 2.75) is 26.4 Å². The summed E-state index contributed by atoms with van der Waals surface area (Å²) < 4.78 is 12.7. The number of aromatic nitrogens is 1. The molecule has 1 aliphatic heterocycles. The van der Waals surface area contributed by atoms with E-state index in [1.807, 2.05) is 17.7 Å². The van der Waals surface area contributed by atoms with Gasteiger partial charge in [-0.2, -0.15) is 0 Å². The number of rotatable bonds is 6. The number of benzene rings is 2. The zero-order valence-corrected chi connectivity index (χ0v) is 18.6. The van der Waals surface area contributed by atoms with Gasteiger partial charge in [-0.3, -0.25) is 9.69 Å². The molecule has 1 aliphatic rings. The van der Waals surface area contributed by atoms with Gasteiger partial charge in [0.2, 0.25) is 0 Å². The van der Waals surface area contributed by atoms with Crippen molar-refractivity contribution in [3.8, 4) is 11.5 Å². The fourth-order valence-electron chi connectivity index (χ4n) is 4.26. The number of fused-ring (bicyclic) bond motifs is 1. The molecule has 0 bridgehead atoms. The van der Waals surface area contributed by atoms with Crippen LogP contribution in [0.15, 0.2) is 48.5 Å². The van der Waals surface area contributed by atoms with E-state index < -0.39 is 0 Å². The molecule has 0 fully saturated rings. The van der Waals surface area contributed by atoms with Crippen molar-refractivity contribution < 1.29 is 14.3 Å². The molecule has 1 amide bonds. The Morgan fingerprint density at radius 3 is 2.68 bits per heavy atom. The first-order valence-electron chi connectivity index (χ1n) is 10.5. The summed E-state index contributed by atoms with van der Waals surface area (Å²) in [5.74, 6) is 1.10. The normalized spacial score (nSPS) is 13.5. The maximum absolute atomic E-state index is 13.1. The zero-order chi connectivity index (χ0) is 22.0. The molecule has 0 unspecified atom stereocenters. The van der Waals surface area contributed by atoms with Gasteiger partial charge in [-0.1, -0.05) is 29.8 Å². The first-order valence-corrected chi connectivity index (χ1v) is 10.5. The van der Waals surface area contributed by atoms with Gasteiger partial charge in [-0.05, 0) is 36.2 Å². The first-order chi connectivity index (χ1) is 15.0. The predicted octanol–water partition coefficient (Wildman–Crippen LogP) is 4.16. The van der Waals surface area contributed by atoms with Crippen LogP contribution in [0.2, 0.25) is 0 Å². The molecule has 0 saturated heterocycles. The van der Waals surface area contributed by atoms with Crippen molar-refractivity contribution in [2.75, 3.05) is 26.1 Å². The molecule has 6 heteroatoms. The van der Waals surface area contributed by atoms with Crippen LogP contribution in [-0.4, -0.2) is 36.1 Å². The van der Waals surface area contributed by atoms with Crippen LogP contribution in [0.5, 0.6) is 11.5 Å². The van der Waals surface area contributed by atoms with Gasteiger partial charge in [0, 0.05) is 44.9 Å². The quantitative estimate of drug-likeness (QED) is 0.652. The summed E-state index contributed by atoms with van der Waals surface area (Å²) in [4.78, 5) is 15.5. The van der Waals surface area contributed by atoms with Gasteiger partial charge >= 0.3 is 0 Å². The number of ether oxygens (including phenoxy) is 2. The van der Waals surface area contributed by atoms with Crippen LogP contribution >= 0.6 is 0 Å². The third-order valence-electron chi connectivity index (χ3n) is 5.88.